The van der Waals surface area contributed by atoms with Crippen molar-refractivity contribution in [2.45, 2.75) is 19.4 Å². The highest BCUT2D eigenvalue weighted by atomic mass is 15.2. The Bertz CT molecular complexity index is 156. The van der Waals surface area contributed by atoms with Crippen LogP contribution in [0.1, 0.15) is 13.3 Å². The molecular weight excluding hydrogens is 164 g/mol. The molecule has 0 saturated heterocycles. The highest BCUT2D eigenvalue weighted by Gasteiger charge is 2.09. The van der Waals surface area contributed by atoms with Crippen LogP contribution >= 0.6 is 0 Å². The van der Waals surface area contributed by atoms with Gasteiger partial charge in [-0.15, -0.1) is 0 Å². The summed E-state index contributed by atoms with van der Waals surface area (Å²) >= 11 is 0. The number of likely N-dealkylation sites (N-methyl/N-ethyl adjacent to an activating group) is 2. The van der Waals surface area contributed by atoms with E-state index in [1.54, 1.807) is 0 Å². The van der Waals surface area contributed by atoms with Crippen LogP contribution in [-0.4, -0.2) is 55.9 Å². The van der Waals surface area contributed by atoms with E-state index in [0.717, 1.165) is 13.1 Å². The molecule has 0 aromatic rings. The maximum Gasteiger partial charge on any atom is 0.0920 e. The molecule has 0 bridgehead atoms. The number of amidine groups is 1. The summed E-state index contributed by atoms with van der Waals surface area (Å²) in [6, 6.07) is 0.359. The molecule has 0 rings (SSSR count). The van der Waals surface area contributed by atoms with E-state index in [4.69, 9.17) is 11.1 Å². The van der Waals surface area contributed by atoms with Crippen LogP contribution in [0.2, 0.25) is 0 Å². The smallest absolute Gasteiger partial charge is 0.0920 e. The van der Waals surface area contributed by atoms with Crippen LogP contribution < -0.4 is 5.73 Å². The average Bonchev–Trinajstić information content (AvgIpc) is 1.98. The van der Waals surface area contributed by atoms with E-state index in [0.29, 0.717) is 12.5 Å². The fourth-order valence-corrected chi connectivity index (χ4v) is 1.05. The number of nitrogens with two attached hydrogens (primary N) is 1. The second kappa shape index (κ2) is 5.94. The minimum absolute atomic E-state index is 0.268. The van der Waals surface area contributed by atoms with Crippen LogP contribution in [0.25, 0.3) is 0 Å². The quantitative estimate of drug-likeness (QED) is 0.460. The van der Waals surface area contributed by atoms with Crippen LogP contribution in [0.15, 0.2) is 0 Å². The largest absolute Gasteiger partial charge is 0.388 e. The molecule has 0 aliphatic rings. The SMILES string of the molecule is CC(CC(=N)N)N(C)CCN(C)C. The third kappa shape index (κ3) is 6.54. The average molecular weight is 186 g/mol. The van der Waals surface area contributed by atoms with Gasteiger partial charge in [-0.3, -0.25) is 5.41 Å². The molecular formula is C9H22N4. The van der Waals surface area contributed by atoms with Gasteiger partial charge in [0.25, 0.3) is 0 Å². The van der Waals surface area contributed by atoms with Crippen LogP contribution in [-0.2, 0) is 0 Å². The molecule has 0 aromatic carbocycles. The molecule has 0 amide bonds. The van der Waals surface area contributed by atoms with Gasteiger partial charge in [-0.1, -0.05) is 0 Å². The van der Waals surface area contributed by atoms with E-state index in [2.05, 4.69) is 37.9 Å². The molecule has 13 heavy (non-hydrogen) atoms. The van der Waals surface area contributed by atoms with Gasteiger partial charge in [-0.05, 0) is 28.1 Å². The van der Waals surface area contributed by atoms with E-state index < -0.39 is 0 Å². The van der Waals surface area contributed by atoms with Gasteiger partial charge in [-0.25, -0.2) is 0 Å². The number of nitrogens with zero attached hydrogens (tertiary/aromatic N) is 2. The Morgan fingerprint density at radius 3 is 2.23 bits per heavy atom. The van der Waals surface area contributed by atoms with Crippen molar-refractivity contribution >= 4 is 5.84 Å². The molecule has 78 valence electrons. The zero-order valence-electron chi connectivity index (χ0n) is 9.17. The van der Waals surface area contributed by atoms with Gasteiger partial charge in [0, 0.05) is 25.6 Å². The van der Waals surface area contributed by atoms with Crippen molar-refractivity contribution in [3.05, 3.63) is 0 Å². The van der Waals surface area contributed by atoms with Crippen LogP contribution in [0.4, 0.5) is 0 Å². The third-order valence-electron chi connectivity index (χ3n) is 2.17. The molecule has 0 radical (unpaired) electrons. The summed E-state index contributed by atoms with van der Waals surface area (Å²) in [5, 5.41) is 7.18. The first-order valence-corrected chi connectivity index (χ1v) is 4.61. The summed E-state index contributed by atoms with van der Waals surface area (Å²) in [5.74, 6) is 0.268. The third-order valence-corrected chi connectivity index (χ3v) is 2.17. The van der Waals surface area contributed by atoms with E-state index in [-0.39, 0.29) is 5.84 Å². The standard InChI is InChI=1S/C9H22N4/c1-8(7-9(10)11)13(4)6-5-12(2)3/h8H,5-7H2,1-4H3,(H3,10,11). The molecule has 3 N–H and O–H groups in total. The molecule has 4 heteroatoms. The zero-order chi connectivity index (χ0) is 10.4. The van der Waals surface area contributed by atoms with Crippen molar-refractivity contribution < 1.29 is 0 Å². The molecule has 0 aliphatic carbocycles. The molecule has 0 saturated carbocycles. The number of nitrogens with one attached hydrogen (secondary N) is 1. The molecule has 0 aliphatic heterocycles. The van der Waals surface area contributed by atoms with Gasteiger partial charge in [0.2, 0.25) is 0 Å². The number of hydrogen-bond donors (Lipinski definition) is 2. The summed E-state index contributed by atoms with van der Waals surface area (Å²) in [7, 11) is 6.18. The molecule has 1 atom stereocenters. The molecule has 1 unspecified atom stereocenters. The summed E-state index contributed by atoms with van der Waals surface area (Å²) < 4.78 is 0. The van der Waals surface area contributed by atoms with Crippen molar-refractivity contribution in [2.24, 2.45) is 5.73 Å². The van der Waals surface area contributed by atoms with E-state index in [1.165, 1.54) is 0 Å². The minimum Gasteiger partial charge on any atom is -0.388 e. The second-order valence-corrected chi connectivity index (χ2v) is 3.86. The topological polar surface area (TPSA) is 56.4 Å². The van der Waals surface area contributed by atoms with Crippen molar-refractivity contribution in [3.63, 3.8) is 0 Å². The highest BCUT2D eigenvalue weighted by molar-refractivity contribution is 5.77. The van der Waals surface area contributed by atoms with E-state index in [1.807, 2.05) is 0 Å². The lowest BCUT2D eigenvalue weighted by Gasteiger charge is -2.25. The Labute approximate surface area is 81.2 Å². The molecule has 0 aromatic heterocycles. The fourth-order valence-electron chi connectivity index (χ4n) is 1.05. The van der Waals surface area contributed by atoms with Crippen LogP contribution in [0, 0.1) is 5.41 Å². The zero-order valence-corrected chi connectivity index (χ0v) is 9.17. The Kier molecular flexibility index (Phi) is 5.66. The minimum atomic E-state index is 0.268. The normalized spacial score (nSPS) is 13.7. The van der Waals surface area contributed by atoms with Gasteiger partial charge >= 0.3 is 0 Å². The van der Waals surface area contributed by atoms with E-state index >= 15 is 0 Å². The first-order valence-electron chi connectivity index (χ1n) is 4.61. The monoisotopic (exact) mass is 186 g/mol. The van der Waals surface area contributed by atoms with Gasteiger partial charge in [0.1, 0.15) is 0 Å². The van der Waals surface area contributed by atoms with Crippen molar-refractivity contribution in [3.8, 4) is 0 Å². The maximum absolute atomic E-state index is 7.18. The van der Waals surface area contributed by atoms with Crippen molar-refractivity contribution in [1.82, 2.24) is 9.80 Å². The summed E-state index contributed by atoms with van der Waals surface area (Å²) in [6.07, 6.45) is 0.657. The summed E-state index contributed by atoms with van der Waals surface area (Å²) in [4.78, 5) is 4.37. The fraction of sp³-hybridized carbons (Fsp3) is 0.889. The van der Waals surface area contributed by atoms with Gasteiger partial charge < -0.3 is 15.5 Å². The lowest BCUT2D eigenvalue weighted by atomic mass is 10.2. The molecule has 0 spiro atoms. The van der Waals surface area contributed by atoms with Gasteiger partial charge in [0.15, 0.2) is 0 Å². The van der Waals surface area contributed by atoms with Crippen LogP contribution in [0.5, 0.6) is 0 Å². The lowest BCUT2D eigenvalue weighted by Crippen LogP contribution is -2.37. The van der Waals surface area contributed by atoms with Crippen LogP contribution in [0.3, 0.4) is 0 Å². The first-order chi connectivity index (χ1) is 5.93. The lowest BCUT2D eigenvalue weighted by molar-refractivity contribution is 0.232. The van der Waals surface area contributed by atoms with Crippen molar-refractivity contribution in [2.75, 3.05) is 34.2 Å². The van der Waals surface area contributed by atoms with Gasteiger partial charge in [-0.2, -0.15) is 0 Å². The molecule has 4 nitrogen and oxygen atoms in total. The molecule has 0 heterocycles. The number of rotatable bonds is 6. The number of hydrogen-bond acceptors (Lipinski definition) is 3. The Balaban J connectivity index is 3.68. The Hall–Kier alpha value is -0.610. The predicted octanol–water partition coefficient (Wildman–Crippen LogP) is 0.194. The highest BCUT2D eigenvalue weighted by Crippen LogP contribution is 1.99. The Morgan fingerprint density at radius 1 is 1.31 bits per heavy atom. The Morgan fingerprint density at radius 2 is 1.85 bits per heavy atom. The van der Waals surface area contributed by atoms with Gasteiger partial charge in [0.05, 0.1) is 5.84 Å². The van der Waals surface area contributed by atoms with Crippen molar-refractivity contribution in [1.29, 1.82) is 5.41 Å². The first kappa shape index (κ1) is 12.4. The molecule has 0 fully saturated rings. The maximum atomic E-state index is 7.18. The summed E-state index contributed by atoms with van der Waals surface area (Å²) in [6.45, 7) is 4.15. The predicted molar refractivity (Wildman–Crippen MR) is 57.2 cm³/mol. The second-order valence-electron chi connectivity index (χ2n) is 3.86. The summed E-state index contributed by atoms with van der Waals surface area (Å²) in [5.41, 5.74) is 5.33. The van der Waals surface area contributed by atoms with E-state index in [9.17, 15) is 0 Å².